The molecular weight excluding hydrogens is 274 g/mol. The third kappa shape index (κ3) is 4.91. The number of hydrogen-bond donors (Lipinski definition) is 1. The van der Waals surface area contributed by atoms with E-state index in [1.54, 1.807) is 11.3 Å². The summed E-state index contributed by atoms with van der Waals surface area (Å²) in [5.41, 5.74) is 0. The van der Waals surface area contributed by atoms with Crippen LogP contribution in [0.3, 0.4) is 0 Å². The topological polar surface area (TPSA) is 29.1 Å². The Morgan fingerprint density at radius 2 is 2.33 bits per heavy atom. The number of rotatable bonds is 6. The van der Waals surface area contributed by atoms with Crippen molar-refractivity contribution >= 4 is 33.0 Å². The molecule has 0 amide bonds. The van der Waals surface area contributed by atoms with Crippen LogP contribution in [0.2, 0.25) is 0 Å². The van der Waals surface area contributed by atoms with Gasteiger partial charge in [-0.25, -0.2) is 0 Å². The van der Waals surface area contributed by atoms with Gasteiger partial charge in [0, 0.05) is 17.3 Å². The van der Waals surface area contributed by atoms with Gasteiger partial charge in [-0.3, -0.25) is 4.79 Å². The molecule has 0 aliphatic heterocycles. The van der Waals surface area contributed by atoms with E-state index in [0.29, 0.717) is 19.0 Å². The molecule has 84 valence electrons. The lowest BCUT2D eigenvalue weighted by molar-refractivity contribution is -0.117. The van der Waals surface area contributed by atoms with Gasteiger partial charge >= 0.3 is 0 Å². The second-order valence-electron chi connectivity index (χ2n) is 3.61. The lowest BCUT2D eigenvalue weighted by Crippen LogP contribution is -2.31. The summed E-state index contributed by atoms with van der Waals surface area (Å²) in [6.45, 7) is 4.68. The van der Waals surface area contributed by atoms with Gasteiger partial charge in [0.15, 0.2) is 5.78 Å². The number of hydrogen-bond acceptors (Lipinski definition) is 3. The molecule has 0 spiro atoms. The fourth-order valence-electron chi connectivity index (χ4n) is 1.14. The van der Waals surface area contributed by atoms with Crippen molar-refractivity contribution in [3.05, 3.63) is 20.8 Å². The summed E-state index contributed by atoms with van der Waals surface area (Å²) in [6, 6.07) is 4.40. The Morgan fingerprint density at radius 1 is 1.60 bits per heavy atom. The van der Waals surface area contributed by atoms with Crippen LogP contribution in [-0.2, 0) is 11.2 Å². The SMILES string of the molecule is CCC(C)NCC(=O)Cc1ccc(Br)s1. The lowest BCUT2D eigenvalue weighted by atomic mass is 10.2. The van der Waals surface area contributed by atoms with Gasteiger partial charge in [-0.05, 0) is 41.4 Å². The summed E-state index contributed by atoms with van der Waals surface area (Å²) in [7, 11) is 0. The number of nitrogens with one attached hydrogen (secondary N) is 1. The average Bonchev–Trinajstić information content (AvgIpc) is 2.60. The fraction of sp³-hybridized carbons (Fsp3) is 0.545. The maximum absolute atomic E-state index is 11.6. The third-order valence-corrected chi connectivity index (χ3v) is 3.88. The minimum atomic E-state index is 0.254. The monoisotopic (exact) mass is 289 g/mol. The minimum Gasteiger partial charge on any atom is -0.307 e. The average molecular weight is 290 g/mol. The first-order valence-electron chi connectivity index (χ1n) is 5.11. The van der Waals surface area contributed by atoms with Crippen LogP contribution in [0.1, 0.15) is 25.1 Å². The van der Waals surface area contributed by atoms with Crippen molar-refractivity contribution in [2.75, 3.05) is 6.54 Å². The van der Waals surface area contributed by atoms with Gasteiger partial charge in [0.05, 0.1) is 10.3 Å². The first kappa shape index (κ1) is 12.9. The van der Waals surface area contributed by atoms with E-state index in [0.717, 1.165) is 15.1 Å². The molecule has 1 rings (SSSR count). The van der Waals surface area contributed by atoms with Gasteiger partial charge in [-0.15, -0.1) is 11.3 Å². The van der Waals surface area contributed by atoms with Crippen molar-refractivity contribution in [3.8, 4) is 0 Å². The summed E-state index contributed by atoms with van der Waals surface area (Å²) in [4.78, 5) is 12.7. The van der Waals surface area contributed by atoms with E-state index >= 15 is 0 Å². The number of thiophene rings is 1. The van der Waals surface area contributed by atoms with Crippen molar-refractivity contribution in [2.45, 2.75) is 32.7 Å². The Kier molecular flexibility index (Phi) is 5.50. The molecule has 0 aliphatic rings. The molecule has 1 unspecified atom stereocenters. The van der Waals surface area contributed by atoms with E-state index in [1.807, 2.05) is 12.1 Å². The van der Waals surface area contributed by atoms with Crippen LogP contribution in [0, 0.1) is 0 Å². The zero-order chi connectivity index (χ0) is 11.3. The first-order valence-corrected chi connectivity index (χ1v) is 6.72. The molecule has 1 heterocycles. The number of halogens is 1. The Labute approximate surface area is 103 Å². The normalized spacial score (nSPS) is 12.7. The van der Waals surface area contributed by atoms with Gasteiger partial charge < -0.3 is 5.32 Å². The molecule has 1 aromatic heterocycles. The number of ketones is 1. The quantitative estimate of drug-likeness (QED) is 0.872. The maximum atomic E-state index is 11.6. The molecule has 1 aromatic rings. The van der Waals surface area contributed by atoms with E-state index in [1.165, 1.54) is 0 Å². The summed E-state index contributed by atoms with van der Waals surface area (Å²) < 4.78 is 1.08. The van der Waals surface area contributed by atoms with E-state index < -0.39 is 0 Å². The zero-order valence-corrected chi connectivity index (χ0v) is 11.5. The van der Waals surface area contributed by atoms with Gasteiger partial charge in [0.2, 0.25) is 0 Å². The second kappa shape index (κ2) is 6.40. The van der Waals surface area contributed by atoms with Crippen LogP contribution < -0.4 is 5.32 Å². The summed E-state index contributed by atoms with van der Waals surface area (Å²) in [5.74, 6) is 0.254. The number of carbonyl (C=O) groups is 1. The molecular formula is C11H16BrNOS. The lowest BCUT2D eigenvalue weighted by Gasteiger charge is -2.09. The number of Topliss-reactive ketones (excluding diaryl/α,β-unsaturated/α-hetero) is 1. The minimum absolute atomic E-state index is 0.254. The molecule has 0 aromatic carbocycles. The molecule has 0 radical (unpaired) electrons. The largest absolute Gasteiger partial charge is 0.307 e. The van der Waals surface area contributed by atoms with Gasteiger partial charge in [-0.1, -0.05) is 6.92 Å². The van der Waals surface area contributed by atoms with Gasteiger partial charge in [-0.2, -0.15) is 0 Å². The zero-order valence-electron chi connectivity index (χ0n) is 9.05. The van der Waals surface area contributed by atoms with E-state index in [9.17, 15) is 4.79 Å². The smallest absolute Gasteiger partial charge is 0.151 e. The van der Waals surface area contributed by atoms with E-state index in [4.69, 9.17) is 0 Å². The predicted octanol–water partition coefficient (Wildman–Crippen LogP) is 3.01. The highest BCUT2D eigenvalue weighted by Gasteiger charge is 2.07. The second-order valence-corrected chi connectivity index (χ2v) is 6.16. The summed E-state index contributed by atoms with van der Waals surface area (Å²) >= 11 is 5.01. The van der Waals surface area contributed by atoms with Crippen LogP contribution in [0.15, 0.2) is 15.9 Å². The van der Waals surface area contributed by atoms with Crippen molar-refractivity contribution in [2.24, 2.45) is 0 Å². The van der Waals surface area contributed by atoms with Gasteiger partial charge in [0.25, 0.3) is 0 Å². The van der Waals surface area contributed by atoms with Crippen molar-refractivity contribution < 1.29 is 4.79 Å². The Bertz CT molecular complexity index is 324. The molecule has 0 aliphatic carbocycles. The van der Waals surface area contributed by atoms with Crippen LogP contribution in [0.5, 0.6) is 0 Å². The number of carbonyl (C=O) groups excluding carboxylic acids is 1. The Balaban J connectivity index is 2.30. The van der Waals surface area contributed by atoms with Crippen molar-refractivity contribution in [3.63, 3.8) is 0 Å². The van der Waals surface area contributed by atoms with Crippen LogP contribution in [-0.4, -0.2) is 18.4 Å². The van der Waals surface area contributed by atoms with E-state index in [-0.39, 0.29) is 5.78 Å². The highest BCUT2D eigenvalue weighted by atomic mass is 79.9. The van der Waals surface area contributed by atoms with Crippen molar-refractivity contribution in [1.29, 1.82) is 0 Å². The molecule has 1 atom stereocenters. The molecule has 0 saturated carbocycles. The Hall–Kier alpha value is -0.190. The maximum Gasteiger partial charge on any atom is 0.151 e. The molecule has 0 saturated heterocycles. The molecule has 15 heavy (non-hydrogen) atoms. The molecule has 4 heteroatoms. The fourth-order valence-corrected chi connectivity index (χ4v) is 2.65. The van der Waals surface area contributed by atoms with Gasteiger partial charge in [0.1, 0.15) is 0 Å². The van der Waals surface area contributed by atoms with Crippen LogP contribution in [0.4, 0.5) is 0 Å². The summed E-state index contributed by atoms with van der Waals surface area (Å²) in [5, 5.41) is 3.20. The van der Waals surface area contributed by atoms with Crippen molar-refractivity contribution in [1.82, 2.24) is 5.32 Å². The molecule has 2 nitrogen and oxygen atoms in total. The third-order valence-electron chi connectivity index (χ3n) is 2.26. The highest BCUT2D eigenvalue weighted by Crippen LogP contribution is 2.22. The first-order chi connectivity index (χ1) is 7.11. The van der Waals surface area contributed by atoms with Crippen LogP contribution in [0.25, 0.3) is 0 Å². The summed E-state index contributed by atoms with van der Waals surface area (Å²) in [6.07, 6.45) is 1.59. The molecule has 0 fully saturated rings. The molecule has 0 bridgehead atoms. The van der Waals surface area contributed by atoms with E-state index in [2.05, 4.69) is 35.1 Å². The standard InChI is InChI=1S/C11H16BrNOS/c1-3-8(2)13-7-9(14)6-10-4-5-11(12)15-10/h4-5,8,13H,3,6-7H2,1-2H3. The van der Waals surface area contributed by atoms with Crippen LogP contribution >= 0.6 is 27.3 Å². The predicted molar refractivity (Wildman–Crippen MR) is 68.5 cm³/mol. The highest BCUT2D eigenvalue weighted by molar-refractivity contribution is 9.11. The Morgan fingerprint density at radius 3 is 2.87 bits per heavy atom. The molecule has 1 N–H and O–H groups in total.